The van der Waals surface area contributed by atoms with Crippen molar-refractivity contribution in [1.29, 1.82) is 0 Å². The Morgan fingerprint density at radius 1 is 1.29 bits per heavy atom. The van der Waals surface area contributed by atoms with Crippen molar-refractivity contribution in [1.82, 2.24) is 5.32 Å². The van der Waals surface area contributed by atoms with Gasteiger partial charge in [0.1, 0.15) is 5.72 Å². The minimum absolute atomic E-state index is 0.219. The highest BCUT2D eigenvalue weighted by Gasteiger charge is 2.35. The van der Waals surface area contributed by atoms with E-state index in [2.05, 4.69) is 57.3 Å². The van der Waals surface area contributed by atoms with Crippen LogP contribution in [0.1, 0.15) is 31.9 Å². The number of rotatable bonds is 2. The molecular weight excluding hydrogens is 210 g/mol. The van der Waals surface area contributed by atoms with Crippen LogP contribution in [0.15, 0.2) is 24.3 Å². The molecule has 0 radical (unpaired) electrons. The molecule has 1 aromatic rings. The van der Waals surface area contributed by atoms with Gasteiger partial charge in [0.2, 0.25) is 0 Å². The van der Waals surface area contributed by atoms with E-state index in [9.17, 15) is 0 Å². The maximum Gasteiger partial charge on any atom is 0.120 e. The highest BCUT2D eigenvalue weighted by molar-refractivity contribution is 5.23. The van der Waals surface area contributed by atoms with Gasteiger partial charge in [-0.2, -0.15) is 0 Å². The van der Waals surface area contributed by atoms with E-state index in [0.717, 1.165) is 19.6 Å². The average molecular weight is 233 g/mol. The molecule has 1 fully saturated rings. The van der Waals surface area contributed by atoms with Crippen LogP contribution in [-0.4, -0.2) is 18.9 Å². The van der Waals surface area contributed by atoms with Gasteiger partial charge in [-0.1, -0.05) is 43.7 Å². The Morgan fingerprint density at radius 2 is 2.06 bits per heavy atom. The van der Waals surface area contributed by atoms with Crippen LogP contribution in [0.4, 0.5) is 0 Å². The zero-order valence-corrected chi connectivity index (χ0v) is 11.3. The van der Waals surface area contributed by atoms with E-state index in [0.29, 0.717) is 0 Å². The van der Waals surface area contributed by atoms with E-state index >= 15 is 0 Å². The van der Waals surface area contributed by atoms with Crippen LogP contribution in [0.25, 0.3) is 0 Å². The van der Waals surface area contributed by atoms with Gasteiger partial charge in [0.15, 0.2) is 0 Å². The van der Waals surface area contributed by atoms with Crippen LogP contribution >= 0.6 is 0 Å². The van der Waals surface area contributed by atoms with Gasteiger partial charge >= 0.3 is 0 Å². The molecule has 0 aliphatic carbocycles. The molecule has 1 aromatic carbocycles. The van der Waals surface area contributed by atoms with Crippen molar-refractivity contribution in [2.45, 2.75) is 39.8 Å². The van der Waals surface area contributed by atoms with Crippen molar-refractivity contribution >= 4 is 0 Å². The summed E-state index contributed by atoms with van der Waals surface area (Å²) in [6.07, 6.45) is 0.921. The molecule has 0 saturated carbocycles. The monoisotopic (exact) mass is 233 g/mol. The molecule has 1 unspecified atom stereocenters. The van der Waals surface area contributed by atoms with Gasteiger partial charge in [0, 0.05) is 18.4 Å². The third kappa shape index (κ3) is 3.30. The Bertz CT molecular complexity index is 388. The van der Waals surface area contributed by atoms with Crippen molar-refractivity contribution in [3.8, 4) is 0 Å². The van der Waals surface area contributed by atoms with E-state index in [4.69, 9.17) is 4.74 Å². The van der Waals surface area contributed by atoms with Gasteiger partial charge in [-0.15, -0.1) is 0 Å². The quantitative estimate of drug-likeness (QED) is 0.848. The first-order valence-corrected chi connectivity index (χ1v) is 6.33. The topological polar surface area (TPSA) is 21.3 Å². The number of hydrogen-bond acceptors (Lipinski definition) is 2. The fourth-order valence-corrected chi connectivity index (χ4v) is 2.21. The summed E-state index contributed by atoms with van der Waals surface area (Å²) < 4.78 is 6.01. The normalized spacial score (nSPS) is 28.0. The molecule has 0 aromatic heterocycles. The minimum atomic E-state index is -0.219. The lowest BCUT2D eigenvalue weighted by Gasteiger charge is -2.42. The second kappa shape index (κ2) is 4.43. The molecule has 1 heterocycles. The molecule has 1 aliphatic heterocycles. The molecular formula is C15H23NO. The fourth-order valence-electron chi connectivity index (χ4n) is 2.21. The molecule has 1 saturated heterocycles. The van der Waals surface area contributed by atoms with Gasteiger partial charge in [-0.3, -0.25) is 5.32 Å². The second-order valence-electron chi connectivity index (χ2n) is 6.20. The smallest absolute Gasteiger partial charge is 0.120 e. The van der Waals surface area contributed by atoms with Crippen molar-refractivity contribution in [3.63, 3.8) is 0 Å². The predicted octanol–water partition coefficient (Wildman–Crippen LogP) is 2.90. The second-order valence-corrected chi connectivity index (χ2v) is 6.20. The van der Waals surface area contributed by atoms with Crippen molar-refractivity contribution in [3.05, 3.63) is 35.4 Å². The van der Waals surface area contributed by atoms with Gasteiger partial charge < -0.3 is 4.74 Å². The number of nitrogens with one attached hydrogen (secondary N) is 1. The Labute approximate surface area is 104 Å². The molecule has 2 heteroatoms. The third-order valence-corrected chi connectivity index (χ3v) is 3.35. The molecule has 0 spiro atoms. The number of ether oxygens (including phenoxy) is 1. The molecule has 1 atom stereocenters. The third-order valence-electron chi connectivity index (χ3n) is 3.35. The molecule has 0 amide bonds. The Morgan fingerprint density at radius 3 is 2.65 bits per heavy atom. The number of aryl methyl sites for hydroxylation is 1. The van der Waals surface area contributed by atoms with Crippen LogP contribution in [-0.2, 0) is 11.2 Å². The Balaban J connectivity index is 2.04. The van der Waals surface area contributed by atoms with Crippen molar-refractivity contribution in [2.75, 3.05) is 13.2 Å². The Hall–Kier alpha value is -0.860. The van der Waals surface area contributed by atoms with Crippen LogP contribution in [0.5, 0.6) is 0 Å². The highest BCUT2D eigenvalue weighted by atomic mass is 16.5. The number of benzene rings is 1. The summed E-state index contributed by atoms with van der Waals surface area (Å²) in [4.78, 5) is 0. The van der Waals surface area contributed by atoms with E-state index in [1.165, 1.54) is 11.1 Å². The average Bonchev–Trinajstić information content (AvgIpc) is 2.24. The molecule has 2 nitrogen and oxygen atoms in total. The lowest BCUT2D eigenvalue weighted by molar-refractivity contribution is -0.125. The first kappa shape index (κ1) is 12.6. The molecule has 1 N–H and O–H groups in total. The molecule has 0 bridgehead atoms. The van der Waals surface area contributed by atoms with Crippen LogP contribution in [0.2, 0.25) is 0 Å². The molecule has 2 rings (SSSR count). The summed E-state index contributed by atoms with van der Waals surface area (Å²) in [5, 5.41) is 3.53. The summed E-state index contributed by atoms with van der Waals surface area (Å²) in [6, 6.07) is 8.64. The van der Waals surface area contributed by atoms with E-state index < -0.39 is 0 Å². The van der Waals surface area contributed by atoms with Gasteiger partial charge in [-0.25, -0.2) is 0 Å². The summed E-state index contributed by atoms with van der Waals surface area (Å²) in [7, 11) is 0. The zero-order chi connectivity index (χ0) is 12.5. The van der Waals surface area contributed by atoms with E-state index in [1.807, 2.05) is 0 Å². The SMILES string of the molecule is Cc1cccc(CC2(C)NCC(C)(C)CO2)c1. The van der Waals surface area contributed by atoms with Crippen LogP contribution in [0, 0.1) is 12.3 Å². The largest absolute Gasteiger partial charge is 0.360 e. The van der Waals surface area contributed by atoms with Crippen LogP contribution in [0.3, 0.4) is 0 Å². The summed E-state index contributed by atoms with van der Waals surface area (Å²) in [5.74, 6) is 0. The highest BCUT2D eigenvalue weighted by Crippen LogP contribution is 2.26. The van der Waals surface area contributed by atoms with E-state index in [-0.39, 0.29) is 11.1 Å². The first-order chi connectivity index (χ1) is 7.89. The van der Waals surface area contributed by atoms with Crippen LogP contribution < -0.4 is 5.32 Å². The van der Waals surface area contributed by atoms with Gasteiger partial charge in [0.25, 0.3) is 0 Å². The minimum Gasteiger partial charge on any atom is -0.360 e. The first-order valence-electron chi connectivity index (χ1n) is 6.33. The van der Waals surface area contributed by atoms with Gasteiger partial charge in [0.05, 0.1) is 6.61 Å². The van der Waals surface area contributed by atoms with E-state index in [1.54, 1.807) is 0 Å². The Kier molecular flexibility index (Phi) is 3.28. The maximum absolute atomic E-state index is 6.01. The standard InChI is InChI=1S/C15H23NO/c1-12-6-5-7-13(8-12)9-15(4)16-10-14(2,3)11-17-15/h5-8,16H,9-11H2,1-4H3. The van der Waals surface area contributed by atoms with Gasteiger partial charge in [-0.05, 0) is 19.4 Å². The summed E-state index contributed by atoms with van der Waals surface area (Å²) in [5.41, 5.74) is 2.66. The fraction of sp³-hybridized carbons (Fsp3) is 0.600. The number of hydrogen-bond donors (Lipinski definition) is 1. The molecule has 1 aliphatic rings. The molecule has 17 heavy (non-hydrogen) atoms. The lowest BCUT2D eigenvalue weighted by atomic mass is 9.90. The summed E-state index contributed by atoms with van der Waals surface area (Å²) in [6.45, 7) is 10.6. The maximum atomic E-state index is 6.01. The zero-order valence-electron chi connectivity index (χ0n) is 11.3. The van der Waals surface area contributed by atoms with Crippen molar-refractivity contribution in [2.24, 2.45) is 5.41 Å². The predicted molar refractivity (Wildman–Crippen MR) is 71.0 cm³/mol. The lowest BCUT2D eigenvalue weighted by Crippen LogP contribution is -2.56. The molecule has 94 valence electrons. The summed E-state index contributed by atoms with van der Waals surface area (Å²) >= 11 is 0. The van der Waals surface area contributed by atoms with Crippen molar-refractivity contribution < 1.29 is 4.74 Å².